The summed E-state index contributed by atoms with van der Waals surface area (Å²) in [6.45, 7) is 9.05. The third-order valence-corrected chi connectivity index (χ3v) is 9.41. The van der Waals surface area contributed by atoms with E-state index < -0.39 is 34.1 Å². The highest BCUT2D eigenvalue weighted by Gasteiger charge is 2.35. The number of hydrogen-bond acceptors (Lipinski definition) is 4. The van der Waals surface area contributed by atoms with Crippen molar-refractivity contribution in [3.63, 3.8) is 0 Å². The molecule has 0 saturated carbocycles. The van der Waals surface area contributed by atoms with E-state index >= 15 is 0 Å². The number of benzene rings is 4. The van der Waals surface area contributed by atoms with Gasteiger partial charge in [-0.05, 0) is 87.7 Å². The van der Waals surface area contributed by atoms with Gasteiger partial charge in [-0.15, -0.1) is 0 Å². The summed E-state index contributed by atoms with van der Waals surface area (Å²) in [6.07, 6.45) is 0.242. The molecule has 1 N–H and O–H groups in total. The number of rotatable bonds is 11. The molecule has 0 aliphatic heterocycles. The molecular weight excluding hydrogens is 606 g/mol. The van der Waals surface area contributed by atoms with E-state index in [1.54, 1.807) is 36.4 Å². The fourth-order valence-electron chi connectivity index (χ4n) is 4.95. The molecule has 7 nitrogen and oxygen atoms in total. The lowest BCUT2D eigenvalue weighted by atomic mass is 10.00. The summed E-state index contributed by atoms with van der Waals surface area (Å²) in [5.74, 6) is -0.846. The Kier molecular flexibility index (Phi) is 10.7. The van der Waals surface area contributed by atoms with Crippen LogP contribution in [0.5, 0.6) is 0 Å². The molecular formula is C36H40ClN3O4S. The molecule has 1 atom stereocenters. The lowest BCUT2D eigenvalue weighted by Gasteiger charge is -2.35. The molecule has 0 saturated heterocycles. The highest BCUT2D eigenvalue weighted by atomic mass is 35.5. The van der Waals surface area contributed by atoms with Gasteiger partial charge in [0.2, 0.25) is 11.8 Å². The van der Waals surface area contributed by atoms with Gasteiger partial charge in [0.1, 0.15) is 12.6 Å². The van der Waals surface area contributed by atoms with Crippen LogP contribution in [0.3, 0.4) is 0 Å². The molecule has 4 aromatic carbocycles. The van der Waals surface area contributed by atoms with Crippen LogP contribution >= 0.6 is 11.6 Å². The molecule has 0 unspecified atom stereocenters. The number of anilines is 1. The standard InChI is InChI=1S/C36H40ClN3O4S/c1-26-15-21-32(22-16-26)45(43,44)40(31-19-17-30(37)18-20-31)25-34(41)39(24-29-14-10-9-11-27(29)2)33(35(42)38-36(3,4)5)23-28-12-7-6-8-13-28/h6-22,33H,23-25H2,1-5H3,(H,38,42)/t33-/m1/s1. The molecule has 236 valence electrons. The summed E-state index contributed by atoms with van der Waals surface area (Å²) in [5, 5.41) is 3.48. The average Bonchev–Trinajstić information content (AvgIpc) is 2.99. The first-order valence-electron chi connectivity index (χ1n) is 14.8. The van der Waals surface area contributed by atoms with Crippen LogP contribution in [0.1, 0.15) is 43.0 Å². The number of aryl methyl sites for hydroxylation is 2. The van der Waals surface area contributed by atoms with Crippen molar-refractivity contribution in [3.05, 3.63) is 130 Å². The van der Waals surface area contributed by atoms with Crippen LogP contribution in [-0.2, 0) is 32.6 Å². The Balaban J connectivity index is 1.82. The zero-order valence-corrected chi connectivity index (χ0v) is 27.9. The molecule has 0 aromatic heterocycles. The summed E-state index contributed by atoms with van der Waals surface area (Å²) < 4.78 is 29.3. The number of nitrogens with zero attached hydrogens (tertiary/aromatic N) is 2. The van der Waals surface area contributed by atoms with Gasteiger partial charge in [-0.1, -0.05) is 83.9 Å². The maximum Gasteiger partial charge on any atom is 0.264 e. The zero-order valence-electron chi connectivity index (χ0n) is 26.3. The predicted octanol–water partition coefficient (Wildman–Crippen LogP) is 6.71. The second-order valence-corrected chi connectivity index (χ2v) is 14.5. The Morgan fingerprint density at radius 2 is 1.42 bits per heavy atom. The van der Waals surface area contributed by atoms with Gasteiger partial charge in [-0.25, -0.2) is 8.42 Å². The van der Waals surface area contributed by atoms with Gasteiger partial charge >= 0.3 is 0 Å². The summed E-state index contributed by atoms with van der Waals surface area (Å²) in [7, 11) is -4.18. The first-order valence-corrected chi connectivity index (χ1v) is 16.6. The average molecular weight is 646 g/mol. The van der Waals surface area contributed by atoms with E-state index in [4.69, 9.17) is 11.6 Å². The Labute approximate surface area is 271 Å². The van der Waals surface area contributed by atoms with Crippen molar-refractivity contribution in [1.29, 1.82) is 0 Å². The van der Waals surface area contributed by atoms with Crippen molar-refractivity contribution >= 4 is 39.1 Å². The minimum Gasteiger partial charge on any atom is -0.350 e. The van der Waals surface area contributed by atoms with Crippen LogP contribution in [0.25, 0.3) is 0 Å². The molecule has 45 heavy (non-hydrogen) atoms. The number of nitrogens with one attached hydrogen (secondary N) is 1. The molecule has 0 fully saturated rings. The molecule has 0 aliphatic carbocycles. The fourth-order valence-corrected chi connectivity index (χ4v) is 6.49. The Hall–Kier alpha value is -4.14. The highest BCUT2D eigenvalue weighted by Crippen LogP contribution is 2.27. The molecule has 0 spiro atoms. The first kappa shape index (κ1) is 33.7. The van der Waals surface area contributed by atoms with E-state index in [9.17, 15) is 18.0 Å². The van der Waals surface area contributed by atoms with Crippen LogP contribution in [0.15, 0.2) is 108 Å². The number of carbonyl (C=O) groups is 2. The van der Waals surface area contributed by atoms with Gasteiger partial charge in [0.15, 0.2) is 0 Å². The SMILES string of the molecule is Cc1ccc(S(=O)(=O)N(CC(=O)N(Cc2ccccc2C)[C@H](Cc2ccccc2)C(=O)NC(C)(C)C)c2ccc(Cl)cc2)cc1. The summed E-state index contributed by atoms with van der Waals surface area (Å²) in [5.41, 5.74) is 3.30. The number of hydrogen-bond donors (Lipinski definition) is 1. The normalized spacial score (nSPS) is 12.3. The largest absolute Gasteiger partial charge is 0.350 e. The molecule has 0 bridgehead atoms. The monoisotopic (exact) mass is 645 g/mol. The topological polar surface area (TPSA) is 86.8 Å². The second kappa shape index (κ2) is 14.3. The van der Waals surface area contributed by atoms with Gasteiger partial charge in [0.25, 0.3) is 10.0 Å². The van der Waals surface area contributed by atoms with E-state index in [0.717, 1.165) is 26.6 Å². The van der Waals surface area contributed by atoms with Crippen LogP contribution in [0.4, 0.5) is 5.69 Å². The predicted molar refractivity (Wildman–Crippen MR) is 181 cm³/mol. The summed E-state index contributed by atoms with van der Waals surface area (Å²) in [6, 6.07) is 29.0. The molecule has 2 amide bonds. The van der Waals surface area contributed by atoms with Crippen LogP contribution in [-0.4, -0.2) is 43.3 Å². The maximum absolute atomic E-state index is 14.6. The Morgan fingerprint density at radius 3 is 2.02 bits per heavy atom. The number of sulfonamides is 1. The molecule has 4 rings (SSSR count). The van der Waals surface area contributed by atoms with E-state index in [1.807, 2.05) is 89.2 Å². The van der Waals surface area contributed by atoms with Crippen LogP contribution in [0, 0.1) is 13.8 Å². The van der Waals surface area contributed by atoms with Gasteiger partial charge in [-0.3, -0.25) is 13.9 Å². The smallest absolute Gasteiger partial charge is 0.264 e. The van der Waals surface area contributed by atoms with Crippen molar-refractivity contribution in [2.24, 2.45) is 0 Å². The van der Waals surface area contributed by atoms with Crippen molar-refractivity contribution in [3.8, 4) is 0 Å². The molecule has 0 heterocycles. The van der Waals surface area contributed by atoms with Gasteiger partial charge in [0, 0.05) is 23.5 Å². The first-order chi connectivity index (χ1) is 21.2. The van der Waals surface area contributed by atoms with Crippen molar-refractivity contribution < 1.29 is 18.0 Å². The number of halogens is 1. The lowest BCUT2D eigenvalue weighted by molar-refractivity contribution is -0.140. The van der Waals surface area contributed by atoms with Gasteiger partial charge in [0.05, 0.1) is 10.6 Å². The molecule has 4 aromatic rings. The Bertz CT molecular complexity index is 1720. The van der Waals surface area contributed by atoms with Crippen molar-refractivity contribution in [1.82, 2.24) is 10.2 Å². The molecule has 0 radical (unpaired) electrons. The quantitative estimate of drug-likeness (QED) is 0.197. The third-order valence-electron chi connectivity index (χ3n) is 7.37. The van der Waals surface area contributed by atoms with E-state index in [0.29, 0.717) is 5.02 Å². The van der Waals surface area contributed by atoms with E-state index in [2.05, 4.69) is 5.32 Å². The second-order valence-electron chi connectivity index (χ2n) is 12.2. The maximum atomic E-state index is 14.6. The summed E-state index contributed by atoms with van der Waals surface area (Å²) >= 11 is 6.14. The van der Waals surface area contributed by atoms with Gasteiger partial charge < -0.3 is 10.2 Å². The van der Waals surface area contributed by atoms with Crippen LogP contribution < -0.4 is 9.62 Å². The minimum absolute atomic E-state index is 0.0487. The summed E-state index contributed by atoms with van der Waals surface area (Å²) in [4.78, 5) is 30.1. The molecule has 9 heteroatoms. The van der Waals surface area contributed by atoms with Gasteiger partial charge in [-0.2, -0.15) is 0 Å². The Morgan fingerprint density at radius 1 is 0.822 bits per heavy atom. The fraction of sp³-hybridized carbons (Fsp3) is 0.278. The lowest BCUT2D eigenvalue weighted by Crippen LogP contribution is -2.56. The zero-order chi connectivity index (χ0) is 32.8. The van der Waals surface area contributed by atoms with Crippen LogP contribution in [0.2, 0.25) is 5.02 Å². The van der Waals surface area contributed by atoms with E-state index in [-0.39, 0.29) is 29.5 Å². The molecule has 0 aliphatic rings. The third kappa shape index (κ3) is 8.96. The number of carbonyl (C=O) groups excluding carboxylic acids is 2. The number of amides is 2. The highest BCUT2D eigenvalue weighted by molar-refractivity contribution is 7.92. The van der Waals surface area contributed by atoms with E-state index in [1.165, 1.54) is 17.0 Å². The van der Waals surface area contributed by atoms with Crippen molar-refractivity contribution in [2.45, 2.75) is 64.1 Å². The van der Waals surface area contributed by atoms with Crippen molar-refractivity contribution in [2.75, 3.05) is 10.8 Å². The minimum atomic E-state index is -4.18.